The lowest BCUT2D eigenvalue weighted by Gasteiger charge is -2.53. The minimum atomic E-state index is -0.941. The molecular formula is C37H36N4O5S. The number of para-hydroxylation sites is 1. The van der Waals surface area contributed by atoms with Crippen molar-refractivity contribution in [3.8, 4) is 10.4 Å². The summed E-state index contributed by atoms with van der Waals surface area (Å²) in [5.74, 6) is -0.509. The summed E-state index contributed by atoms with van der Waals surface area (Å²) in [7, 11) is 0. The highest BCUT2D eigenvalue weighted by atomic mass is 32.1. The molecule has 1 spiro atoms. The molecule has 9 nitrogen and oxygen atoms in total. The van der Waals surface area contributed by atoms with Gasteiger partial charge in [-0.05, 0) is 98.5 Å². The van der Waals surface area contributed by atoms with Crippen LogP contribution in [0.1, 0.15) is 72.9 Å². The topological polar surface area (TPSA) is 112 Å². The first-order chi connectivity index (χ1) is 22.9. The number of fused-ring (bicyclic) bond motifs is 4. The van der Waals surface area contributed by atoms with Crippen molar-refractivity contribution in [2.45, 2.75) is 44.9 Å². The maximum Gasteiger partial charge on any atom is 0.345 e. The molecule has 8 rings (SSSR count). The van der Waals surface area contributed by atoms with Crippen molar-refractivity contribution in [3.05, 3.63) is 93.5 Å². The van der Waals surface area contributed by atoms with E-state index in [-0.39, 0.29) is 17.2 Å². The Kier molecular flexibility index (Phi) is 7.57. The number of aryl methyl sites for hydroxylation is 2. The second-order valence-electron chi connectivity index (χ2n) is 13.2. The van der Waals surface area contributed by atoms with Crippen LogP contribution in [-0.2, 0) is 24.0 Å². The van der Waals surface area contributed by atoms with Crippen LogP contribution in [0.25, 0.3) is 10.4 Å². The fourth-order valence-corrected chi connectivity index (χ4v) is 8.61. The number of amides is 2. The average Bonchev–Trinajstić information content (AvgIpc) is 3.45. The summed E-state index contributed by atoms with van der Waals surface area (Å²) in [6, 6.07) is 18.5. The Balaban J connectivity index is 1.02. The van der Waals surface area contributed by atoms with Gasteiger partial charge < -0.3 is 25.0 Å². The maximum atomic E-state index is 13.9. The molecule has 240 valence electrons. The lowest BCUT2D eigenvalue weighted by Crippen LogP contribution is -2.59. The molecule has 10 heteroatoms. The van der Waals surface area contributed by atoms with E-state index in [0.29, 0.717) is 34.7 Å². The number of carbonyl (C=O) groups excluding carboxylic acids is 2. The number of rotatable bonds is 5. The van der Waals surface area contributed by atoms with Gasteiger partial charge in [-0.3, -0.25) is 9.59 Å². The van der Waals surface area contributed by atoms with Gasteiger partial charge in [-0.2, -0.15) is 0 Å². The monoisotopic (exact) mass is 648 g/mol. The van der Waals surface area contributed by atoms with Crippen LogP contribution in [0.4, 0.5) is 17.2 Å². The highest BCUT2D eigenvalue weighted by Crippen LogP contribution is 2.44. The number of hydrogen-bond donors (Lipinski definition) is 2. The third-order valence-corrected chi connectivity index (χ3v) is 11.3. The molecule has 0 atom stereocenters. The van der Waals surface area contributed by atoms with Gasteiger partial charge in [0.15, 0.2) is 0 Å². The summed E-state index contributed by atoms with van der Waals surface area (Å²) in [6.45, 7) is 3.81. The molecule has 1 aliphatic carbocycles. The zero-order chi connectivity index (χ0) is 32.1. The number of ether oxygens (including phenoxy) is 1. The number of pyridine rings is 1. The smallest absolute Gasteiger partial charge is 0.345 e. The van der Waals surface area contributed by atoms with Gasteiger partial charge in [0.1, 0.15) is 10.7 Å². The van der Waals surface area contributed by atoms with Crippen molar-refractivity contribution >= 4 is 46.3 Å². The van der Waals surface area contributed by atoms with E-state index in [9.17, 15) is 19.5 Å². The Morgan fingerprint density at radius 3 is 2.47 bits per heavy atom. The third kappa shape index (κ3) is 5.49. The van der Waals surface area contributed by atoms with Crippen molar-refractivity contribution < 1.29 is 24.2 Å². The van der Waals surface area contributed by atoms with E-state index in [1.165, 1.54) is 16.9 Å². The second kappa shape index (κ2) is 11.9. The summed E-state index contributed by atoms with van der Waals surface area (Å²) < 4.78 is 5.60. The number of hydrogen-bond acceptors (Lipinski definition) is 7. The molecular weight excluding hydrogens is 612 g/mol. The van der Waals surface area contributed by atoms with E-state index in [1.807, 2.05) is 30.3 Å². The highest BCUT2D eigenvalue weighted by Gasteiger charge is 2.45. The van der Waals surface area contributed by atoms with E-state index in [2.05, 4.69) is 10.2 Å². The van der Waals surface area contributed by atoms with Crippen LogP contribution < -0.4 is 15.1 Å². The molecule has 0 radical (unpaired) electrons. The maximum absolute atomic E-state index is 13.9. The fourth-order valence-electron chi connectivity index (χ4n) is 7.53. The van der Waals surface area contributed by atoms with Crippen LogP contribution in [0.15, 0.2) is 60.7 Å². The van der Waals surface area contributed by atoms with Crippen LogP contribution in [0.5, 0.6) is 0 Å². The SMILES string of the molecule is O=C(O)c1cc2c(s1)-c1ccccc1N(C(=O)c1ccc(NC(=O)c3cc4c(nc3N3CC5(CCOCC5)C3)CCCC4)cc1)CC2. The van der Waals surface area contributed by atoms with Crippen LogP contribution in [0, 0.1) is 5.41 Å². The largest absolute Gasteiger partial charge is 0.477 e. The Morgan fingerprint density at radius 1 is 0.915 bits per heavy atom. The number of aromatic carboxylic acids is 1. The Hall–Kier alpha value is -4.54. The van der Waals surface area contributed by atoms with E-state index in [0.717, 1.165) is 98.0 Å². The number of carboxylic acid groups (broad SMARTS) is 1. The zero-order valence-corrected chi connectivity index (χ0v) is 26.9. The van der Waals surface area contributed by atoms with Crippen molar-refractivity contribution in [2.75, 3.05) is 48.0 Å². The van der Waals surface area contributed by atoms with Gasteiger partial charge in [0, 0.05) is 65.6 Å². The molecule has 2 N–H and O–H groups in total. The van der Waals surface area contributed by atoms with Crippen LogP contribution >= 0.6 is 11.3 Å². The van der Waals surface area contributed by atoms with Crippen molar-refractivity contribution in [1.29, 1.82) is 0 Å². The molecule has 2 saturated heterocycles. The molecule has 0 bridgehead atoms. The standard InChI is InChI=1S/C37H36N4O5S/c42-34(28-19-24-5-1-3-7-29(24)39-33(28)40-21-37(22-40)14-17-46-18-15-37)38-26-11-9-23(10-12-26)35(43)41-16-13-25-20-31(36(44)45)47-32(25)27-6-2-4-8-30(27)41/h2,4,6,8-12,19-20H,1,3,5,7,13-18,21-22H2,(H,38,42)(H,44,45). The molecule has 4 aliphatic rings. The molecule has 2 fully saturated rings. The molecule has 3 aliphatic heterocycles. The minimum Gasteiger partial charge on any atom is -0.477 e. The lowest BCUT2D eigenvalue weighted by molar-refractivity contribution is -0.000526. The number of aromatic nitrogens is 1. The van der Waals surface area contributed by atoms with Crippen molar-refractivity contribution in [2.24, 2.45) is 5.41 Å². The number of thiophene rings is 1. The Morgan fingerprint density at radius 2 is 1.68 bits per heavy atom. The molecule has 2 aromatic carbocycles. The summed E-state index contributed by atoms with van der Waals surface area (Å²) in [4.78, 5) is 49.6. The second-order valence-corrected chi connectivity index (χ2v) is 14.2. The third-order valence-electron chi connectivity index (χ3n) is 10.1. The van der Waals surface area contributed by atoms with Crippen LogP contribution in [0.2, 0.25) is 0 Å². The number of carbonyl (C=O) groups is 3. The van der Waals surface area contributed by atoms with Crippen LogP contribution in [-0.4, -0.2) is 60.7 Å². The van der Waals surface area contributed by atoms with Gasteiger partial charge in [-0.15, -0.1) is 11.3 Å². The molecule has 4 aromatic rings. The van der Waals surface area contributed by atoms with Gasteiger partial charge in [-0.1, -0.05) is 18.2 Å². The van der Waals surface area contributed by atoms with Gasteiger partial charge in [0.05, 0.1) is 11.3 Å². The lowest BCUT2D eigenvalue weighted by atomic mass is 9.73. The first kappa shape index (κ1) is 29.8. The number of nitrogens with one attached hydrogen (secondary N) is 1. The summed E-state index contributed by atoms with van der Waals surface area (Å²) >= 11 is 1.25. The van der Waals surface area contributed by atoms with E-state index in [1.54, 1.807) is 35.2 Å². The number of carboxylic acids is 1. The number of benzene rings is 2. The van der Waals surface area contributed by atoms with Gasteiger partial charge in [0.25, 0.3) is 11.8 Å². The summed E-state index contributed by atoms with van der Waals surface area (Å²) in [5.41, 5.74) is 6.81. The van der Waals surface area contributed by atoms with Gasteiger partial charge >= 0.3 is 5.97 Å². The van der Waals surface area contributed by atoms with Crippen molar-refractivity contribution in [1.82, 2.24) is 4.98 Å². The summed E-state index contributed by atoms with van der Waals surface area (Å²) in [6.07, 6.45) is 6.77. The first-order valence-corrected chi connectivity index (χ1v) is 17.2. The minimum absolute atomic E-state index is 0.148. The zero-order valence-electron chi connectivity index (χ0n) is 26.1. The first-order valence-electron chi connectivity index (χ1n) is 16.4. The Labute approximate surface area is 277 Å². The average molecular weight is 649 g/mol. The molecule has 2 amide bonds. The fraction of sp³-hybridized carbons (Fsp3) is 0.351. The Bertz CT molecular complexity index is 1890. The predicted molar refractivity (Wildman–Crippen MR) is 182 cm³/mol. The molecule has 47 heavy (non-hydrogen) atoms. The number of nitrogens with zero attached hydrogens (tertiary/aromatic N) is 3. The number of anilines is 3. The van der Waals surface area contributed by atoms with E-state index in [4.69, 9.17) is 9.72 Å². The molecule has 0 unspecified atom stereocenters. The normalized spacial score (nSPS) is 18.0. The van der Waals surface area contributed by atoms with Gasteiger partial charge in [0.2, 0.25) is 0 Å². The van der Waals surface area contributed by atoms with Crippen molar-refractivity contribution in [3.63, 3.8) is 0 Å². The van der Waals surface area contributed by atoms with E-state index < -0.39 is 5.97 Å². The molecule has 2 aromatic heterocycles. The van der Waals surface area contributed by atoms with Crippen LogP contribution in [0.3, 0.4) is 0 Å². The van der Waals surface area contributed by atoms with E-state index >= 15 is 0 Å². The molecule has 0 saturated carbocycles. The highest BCUT2D eigenvalue weighted by molar-refractivity contribution is 7.17. The molecule has 5 heterocycles. The summed E-state index contributed by atoms with van der Waals surface area (Å²) in [5, 5.41) is 12.6. The quantitative estimate of drug-likeness (QED) is 0.256. The van der Waals surface area contributed by atoms with Gasteiger partial charge in [-0.25, -0.2) is 9.78 Å². The predicted octanol–water partition coefficient (Wildman–Crippen LogP) is 6.46.